The van der Waals surface area contributed by atoms with Gasteiger partial charge in [0.1, 0.15) is 0 Å². The molecule has 1 saturated heterocycles. The molecule has 1 aromatic carbocycles. The number of fused-ring (bicyclic) bond motifs is 1. The highest BCUT2D eigenvalue weighted by molar-refractivity contribution is 6.33. The van der Waals surface area contributed by atoms with Gasteiger partial charge in [-0.25, -0.2) is 14.5 Å². The summed E-state index contributed by atoms with van der Waals surface area (Å²) < 4.78 is 1.78. The second-order valence-corrected chi connectivity index (χ2v) is 11.6. The van der Waals surface area contributed by atoms with Crippen molar-refractivity contribution in [3.05, 3.63) is 83.8 Å². The normalized spacial score (nSPS) is 19.2. The molecule has 11 nitrogen and oxygen atoms in total. The topological polar surface area (TPSA) is 129 Å². The number of piperazine rings is 1. The monoisotopic (exact) mass is 613 g/mol. The van der Waals surface area contributed by atoms with Crippen LogP contribution in [0.2, 0.25) is 5.02 Å². The molecule has 0 spiro atoms. The number of anilines is 2. The Morgan fingerprint density at radius 3 is 2.70 bits per heavy atom. The molecule has 6 rings (SSSR count). The third-order valence-electron chi connectivity index (χ3n) is 8.03. The molecule has 3 aromatic heterocycles. The number of rotatable bonds is 9. The van der Waals surface area contributed by atoms with Crippen LogP contribution in [0.4, 0.5) is 11.6 Å². The number of amides is 2. The Hall–Kier alpha value is -4.32. The number of carbonyl (C=O) groups is 2. The van der Waals surface area contributed by atoms with Crippen LogP contribution in [0.25, 0.3) is 16.8 Å². The molecule has 1 aliphatic carbocycles. The summed E-state index contributed by atoms with van der Waals surface area (Å²) in [5.41, 5.74) is 3.56. The van der Waals surface area contributed by atoms with Gasteiger partial charge in [0.05, 0.1) is 28.6 Å². The molecule has 0 unspecified atom stereocenters. The van der Waals surface area contributed by atoms with E-state index in [9.17, 15) is 9.59 Å². The molecular formula is C32H36ClN9O2. The minimum atomic E-state index is -0.187. The number of nitrogens with zero attached hydrogens (tertiary/aromatic N) is 5. The van der Waals surface area contributed by atoms with Gasteiger partial charge in [-0.3, -0.25) is 14.5 Å². The minimum absolute atomic E-state index is 0.0142. The fourth-order valence-electron chi connectivity index (χ4n) is 5.74. The van der Waals surface area contributed by atoms with Gasteiger partial charge in [0, 0.05) is 73.9 Å². The van der Waals surface area contributed by atoms with Gasteiger partial charge in [-0.1, -0.05) is 23.7 Å². The molecular weight excluding hydrogens is 578 g/mol. The Morgan fingerprint density at radius 1 is 1.05 bits per heavy atom. The molecule has 1 aliphatic heterocycles. The molecule has 0 bridgehead atoms. The zero-order chi connectivity index (χ0) is 30.3. The van der Waals surface area contributed by atoms with Crippen molar-refractivity contribution >= 4 is 40.6 Å². The maximum atomic E-state index is 13.0. The second kappa shape index (κ2) is 14.0. The second-order valence-electron chi connectivity index (χ2n) is 11.2. The Morgan fingerprint density at radius 2 is 1.86 bits per heavy atom. The molecule has 4 heterocycles. The van der Waals surface area contributed by atoms with Crippen molar-refractivity contribution in [2.75, 3.05) is 43.4 Å². The van der Waals surface area contributed by atoms with Crippen LogP contribution in [0.5, 0.6) is 0 Å². The number of carbonyl (C=O) groups excluding carboxylic acids is 2. The average Bonchev–Trinajstić information content (AvgIpc) is 3.47. The first kappa shape index (κ1) is 29.7. The Balaban J connectivity index is 1.01. The highest BCUT2D eigenvalue weighted by atomic mass is 35.5. The molecule has 2 amide bonds. The number of benzene rings is 1. The van der Waals surface area contributed by atoms with Gasteiger partial charge in [0.15, 0.2) is 0 Å². The Bertz CT molecular complexity index is 1630. The third kappa shape index (κ3) is 7.42. The molecule has 2 aliphatic rings. The van der Waals surface area contributed by atoms with Crippen LogP contribution in [0.3, 0.4) is 0 Å². The first-order valence-electron chi connectivity index (χ1n) is 15.1. The highest BCUT2D eigenvalue weighted by Gasteiger charge is 2.25. The summed E-state index contributed by atoms with van der Waals surface area (Å²) >= 11 is 6.49. The van der Waals surface area contributed by atoms with E-state index in [1.54, 1.807) is 47.3 Å². The van der Waals surface area contributed by atoms with E-state index in [1.807, 2.05) is 30.5 Å². The fraction of sp³-hybridized carbons (Fsp3) is 0.344. The maximum absolute atomic E-state index is 13.0. The van der Waals surface area contributed by atoms with Crippen LogP contribution >= 0.6 is 11.6 Å². The van der Waals surface area contributed by atoms with E-state index in [-0.39, 0.29) is 23.9 Å². The zero-order valence-electron chi connectivity index (χ0n) is 24.4. The molecule has 4 aromatic rings. The van der Waals surface area contributed by atoms with E-state index in [0.29, 0.717) is 27.9 Å². The number of hydrogen-bond acceptors (Lipinski definition) is 8. The van der Waals surface area contributed by atoms with Crippen LogP contribution in [-0.4, -0.2) is 81.1 Å². The van der Waals surface area contributed by atoms with E-state index < -0.39 is 0 Å². The van der Waals surface area contributed by atoms with Crippen molar-refractivity contribution in [2.45, 2.75) is 37.8 Å². The number of hydrogen-bond donors (Lipinski definition) is 4. The van der Waals surface area contributed by atoms with Gasteiger partial charge in [-0.05, 0) is 62.1 Å². The van der Waals surface area contributed by atoms with Crippen molar-refractivity contribution in [3.63, 3.8) is 0 Å². The third-order valence-corrected chi connectivity index (χ3v) is 8.30. The smallest absolute Gasteiger partial charge is 0.251 e. The van der Waals surface area contributed by atoms with E-state index in [1.165, 1.54) is 0 Å². The minimum Gasteiger partial charge on any atom is -0.351 e. The van der Waals surface area contributed by atoms with Crippen molar-refractivity contribution in [3.8, 4) is 11.3 Å². The summed E-state index contributed by atoms with van der Waals surface area (Å²) in [5, 5.41) is 17.7. The molecule has 12 heteroatoms. The molecule has 44 heavy (non-hydrogen) atoms. The summed E-state index contributed by atoms with van der Waals surface area (Å²) in [4.78, 5) is 36.8. The van der Waals surface area contributed by atoms with Crippen molar-refractivity contribution in [1.82, 2.24) is 35.1 Å². The summed E-state index contributed by atoms with van der Waals surface area (Å²) in [6.45, 7) is 4.67. The van der Waals surface area contributed by atoms with Gasteiger partial charge < -0.3 is 21.3 Å². The lowest BCUT2D eigenvalue weighted by Gasteiger charge is -2.30. The quantitative estimate of drug-likeness (QED) is 0.209. The largest absolute Gasteiger partial charge is 0.351 e. The SMILES string of the molecule is O=C(/C=C/CN1CCNCC1)Nc1ccc(C(=O)N[C@H]2CCC[C@@H](Nc3ncc(Cl)c(-c4cnn5ccccc45)n3)C2)cc1. The van der Waals surface area contributed by atoms with Gasteiger partial charge in [-0.2, -0.15) is 5.10 Å². The Labute approximate surface area is 261 Å². The highest BCUT2D eigenvalue weighted by Crippen LogP contribution is 2.30. The number of pyridine rings is 1. The molecule has 0 radical (unpaired) electrons. The van der Waals surface area contributed by atoms with Gasteiger partial charge in [0.2, 0.25) is 11.9 Å². The Kier molecular flexibility index (Phi) is 9.45. The molecule has 1 saturated carbocycles. The summed E-state index contributed by atoms with van der Waals surface area (Å²) in [5.74, 6) is 0.170. The standard InChI is InChI=1S/C32H36ClN9O2/c33-27-21-35-32(40-30(27)26-20-36-42-16-2-1-7-28(26)42)39-25-6-3-5-24(19-25)38-31(44)22-9-11-23(12-10-22)37-29(43)8-4-15-41-17-13-34-14-18-41/h1-2,4,7-12,16,20-21,24-25,34H,3,5-6,13-15,17-19H2,(H,37,43)(H,38,44)(H,35,39,40)/b8-4+/t24-,25+/m0/s1. The first-order chi connectivity index (χ1) is 21.5. The maximum Gasteiger partial charge on any atom is 0.251 e. The lowest BCUT2D eigenvalue weighted by molar-refractivity contribution is -0.111. The van der Waals surface area contributed by atoms with Gasteiger partial charge in [-0.15, -0.1) is 0 Å². The lowest BCUT2D eigenvalue weighted by Crippen LogP contribution is -2.43. The predicted molar refractivity (Wildman–Crippen MR) is 172 cm³/mol. The lowest BCUT2D eigenvalue weighted by atomic mass is 9.91. The van der Waals surface area contributed by atoms with E-state index in [4.69, 9.17) is 16.6 Å². The van der Waals surface area contributed by atoms with Gasteiger partial charge in [0.25, 0.3) is 5.91 Å². The average molecular weight is 614 g/mol. The first-order valence-corrected chi connectivity index (χ1v) is 15.4. The number of nitrogens with one attached hydrogen (secondary N) is 4. The fourth-order valence-corrected chi connectivity index (χ4v) is 5.93. The number of aromatic nitrogens is 4. The van der Waals surface area contributed by atoms with Crippen LogP contribution in [0.15, 0.2) is 73.2 Å². The van der Waals surface area contributed by atoms with Crippen LogP contribution < -0.4 is 21.3 Å². The molecule has 2 atom stereocenters. The molecule has 228 valence electrons. The van der Waals surface area contributed by atoms with E-state index >= 15 is 0 Å². The number of halogens is 1. The van der Waals surface area contributed by atoms with Crippen molar-refractivity contribution < 1.29 is 9.59 Å². The van der Waals surface area contributed by atoms with Crippen LogP contribution in [-0.2, 0) is 4.79 Å². The zero-order valence-corrected chi connectivity index (χ0v) is 25.1. The van der Waals surface area contributed by atoms with E-state index in [0.717, 1.165) is 69.5 Å². The summed E-state index contributed by atoms with van der Waals surface area (Å²) in [6, 6.07) is 12.9. The summed E-state index contributed by atoms with van der Waals surface area (Å²) in [6.07, 6.45) is 12.2. The van der Waals surface area contributed by atoms with Crippen molar-refractivity contribution in [1.29, 1.82) is 0 Å². The van der Waals surface area contributed by atoms with Crippen LogP contribution in [0, 0.1) is 0 Å². The van der Waals surface area contributed by atoms with Crippen LogP contribution in [0.1, 0.15) is 36.0 Å². The van der Waals surface area contributed by atoms with E-state index in [2.05, 4.69) is 36.2 Å². The predicted octanol–water partition coefficient (Wildman–Crippen LogP) is 4.00. The summed E-state index contributed by atoms with van der Waals surface area (Å²) in [7, 11) is 0. The molecule has 2 fully saturated rings. The van der Waals surface area contributed by atoms with Gasteiger partial charge >= 0.3 is 0 Å². The molecule has 4 N–H and O–H groups in total. The van der Waals surface area contributed by atoms with Crippen molar-refractivity contribution in [2.24, 2.45) is 0 Å².